The van der Waals surface area contributed by atoms with Gasteiger partial charge in [-0.3, -0.25) is 10.1 Å². The van der Waals surface area contributed by atoms with Gasteiger partial charge < -0.3 is 0 Å². The Hall–Kier alpha value is -1.75. The van der Waals surface area contributed by atoms with Crippen molar-refractivity contribution in [3.8, 4) is 6.07 Å². The highest BCUT2D eigenvalue weighted by molar-refractivity contribution is 7.80. The third-order valence-electron chi connectivity index (χ3n) is 1.74. The number of hydrogen-bond acceptors (Lipinski definition) is 4. The van der Waals surface area contributed by atoms with Gasteiger partial charge in [-0.2, -0.15) is 18.4 Å². The SMILES string of the molecule is N#Cc1cc(S)c(C(F)(F)F)cc1[N+](=O)[O-]. The zero-order valence-corrected chi connectivity index (χ0v) is 8.34. The van der Waals surface area contributed by atoms with Gasteiger partial charge in [0.1, 0.15) is 11.6 Å². The van der Waals surface area contributed by atoms with Crippen LogP contribution >= 0.6 is 12.6 Å². The number of halogens is 3. The first kappa shape index (κ1) is 12.3. The number of rotatable bonds is 1. The highest BCUT2D eigenvalue weighted by Crippen LogP contribution is 2.37. The molecule has 0 unspecified atom stereocenters. The Bertz CT molecular complexity index is 493. The first-order valence-corrected chi connectivity index (χ1v) is 4.20. The normalized spacial score (nSPS) is 10.9. The van der Waals surface area contributed by atoms with Crippen molar-refractivity contribution >= 4 is 18.3 Å². The summed E-state index contributed by atoms with van der Waals surface area (Å²) in [7, 11) is 0. The lowest BCUT2D eigenvalue weighted by Crippen LogP contribution is -2.08. The monoisotopic (exact) mass is 248 g/mol. The van der Waals surface area contributed by atoms with Crippen LogP contribution in [0, 0.1) is 21.4 Å². The number of thiol groups is 1. The van der Waals surface area contributed by atoms with Crippen molar-refractivity contribution in [1.82, 2.24) is 0 Å². The molecule has 0 radical (unpaired) electrons. The summed E-state index contributed by atoms with van der Waals surface area (Å²) in [5, 5.41) is 18.9. The van der Waals surface area contributed by atoms with E-state index in [1.165, 1.54) is 6.07 Å². The summed E-state index contributed by atoms with van der Waals surface area (Å²) in [6.07, 6.45) is -4.74. The molecule has 0 bridgehead atoms. The number of nitro benzene ring substituents is 1. The first-order valence-electron chi connectivity index (χ1n) is 3.76. The Labute approximate surface area is 92.9 Å². The van der Waals surface area contributed by atoms with Gasteiger partial charge in [-0.05, 0) is 6.07 Å². The lowest BCUT2D eigenvalue weighted by atomic mass is 10.1. The van der Waals surface area contributed by atoms with E-state index >= 15 is 0 Å². The average molecular weight is 248 g/mol. The molecule has 0 saturated carbocycles. The molecular formula is C8H3F3N2O2S. The summed E-state index contributed by atoms with van der Waals surface area (Å²) in [6, 6.07) is 2.47. The van der Waals surface area contributed by atoms with Gasteiger partial charge in [0, 0.05) is 11.0 Å². The Morgan fingerprint density at radius 1 is 1.44 bits per heavy atom. The van der Waals surface area contributed by atoms with Crippen LogP contribution in [0.15, 0.2) is 17.0 Å². The minimum atomic E-state index is -4.74. The minimum absolute atomic E-state index is 0.306. The van der Waals surface area contributed by atoms with E-state index in [1.54, 1.807) is 0 Å². The molecule has 0 atom stereocenters. The van der Waals surface area contributed by atoms with Gasteiger partial charge >= 0.3 is 6.18 Å². The molecule has 0 spiro atoms. The zero-order chi connectivity index (χ0) is 12.5. The summed E-state index contributed by atoms with van der Waals surface area (Å²) >= 11 is 3.54. The molecular weight excluding hydrogens is 245 g/mol. The van der Waals surface area contributed by atoms with Crippen LogP contribution in [0.25, 0.3) is 0 Å². The van der Waals surface area contributed by atoms with E-state index in [2.05, 4.69) is 12.6 Å². The molecule has 8 heteroatoms. The van der Waals surface area contributed by atoms with Gasteiger partial charge in [-0.1, -0.05) is 0 Å². The molecule has 0 aliphatic carbocycles. The molecule has 0 amide bonds. The van der Waals surface area contributed by atoms with E-state index in [9.17, 15) is 23.3 Å². The number of benzene rings is 1. The van der Waals surface area contributed by atoms with Crippen LogP contribution in [-0.4, -0.2) is 4.92 Å². The Kier molecular flexibility index (Phi) is 3.09. The van der Waals surface area contributed by atoms with Gasteiger partial charge in [0.05, 0.1) is 10.5 Å². The van der Waals surface area contributed by atoms with Crippen molar-refractivity contribution in [3.05, 3.63) is 33.4 Å². The molecule has 0 N–H and O–H groups in total. The summed E-state index contributed by atoms with van der Waals surface area (Å²) < 4.78 is 37.1. The van der Waals surface area contributed by atoms with Crippen LogP contribution in [0.3, 0.4) is 0 Å². The molecule has 1 aromatic carbocycles. The summed E-state index contributed by atoms with van der Waals surface area (Å²) in [5.41, 5.74) is -2.57. The second-order valence-corrected chi connectivity index (χ2v) is 3.23. The fourth-order valence-corrected chi connectivity index (χ4v) is 1.36. The van der Waals surface area contributed by atoms with E-state index in [-0.39, 0.29) is 0 Å². The van der Waals surface area contributed by atoms with Gasteiger partial charge in [0.25, 0.3) is 5.69 Å². The Balaban J connectivity index is 3.53. The van der Waals surface area contributed by atoms with Crippen molar-refractivity contribution < 1.29 is 18.1 Å². The van der Waals surface area contributed by atoms with Crippen LogP contribution in [0.2, 0.25) is 0 Å². The second kappa shape index (κ2) is 4.02. The standard InChI is InChI=1S/C8H3F3N2O2S/c9-8(10,11)5-2-6(13(14)15)4(3-12)1-7(5)16/h1-2,16H. The van der Waals surface area contributed by atoms with Crippen LogP contribution < -0.4 is 0 Å². The van der Waals surface area contributed by atoms with E-state index in [0.29, 0.717) is 6.07 Å². The van der Waals surface area contributed by atoms with Crippen molar-refractivity contribution in [2.45, 2.75) is 11.1 Å². The molecule has 0 aromatic heterocycles. The van der Waals surface area contributed by atoms with E-state index < -0.39 is 32.8 Å². The van der Waals surface area contributed by atoms with Crippen LogP contribution in [-0.2, 0) is 6.18 Å². The summed E-state index contributed by atoms with van der Waals surface area (Å²) in [6.45, 7) is 0. The number of nitro groups is 1. The van der Waals surface area contributed by atoms with E-state index in [1.807, 2.05) is 0 Å². The molecule has 0 aliphatic heterocycles. The van der Waals surface area contributed by atoms with Gasteiger partial charge in [-0.25, -0.2) is 0 Å². The predicted molar refractivity (Wildman–Crippen MR) is 50.1 cm³/mol. The summed E-state index contributed by atoms with van der Waals surface area (Å²) in [5.74, 6) is 0. The predicted octanol–water partition coefficient (Wildman–Crippen LogP) is 2.77. The number of nitriles is 1. The highest BCUT2D eigenvalue weighted by Gasteiger charge is 2.35. The zero-order valence-electron chi connectivity index (χ0n) is 7.45. The Morgan fingerprint density at radius 3 is 2.38 bits per heavy atom. The fraction of sp³-hybridized carbons (Fsp3) is 0.125. The smallest absolute Gasteiger partial charge is 0.258 e. The number of hydrogen-bond donors (Lipinski definition) is 1. The lowest BCUT2D eigenvalue weighted by Gasteiger charge is -2.09. The summed E-state index contributed by atoms with van der Waals surface area (Å²) in [4.78, 5) is 8.87. The largest absolute Gasteiger partial charge is 0.417 e. The molecule has 4 nitrogen and oxygen atoms in total. The maximum Gasteiger partial charge on any atom is 0.417 e. The molecule has 1 rings (SSSR count). The fourth-order valence-electron chi connectivity index (χ4n) is 1.04. The topological polar surface area (TPSA) is 66.9 Å². The number of alkyl halides is 3. The molecule has 0 fully saturated rings. The van der Waals surface area contributed by atoms with Crippen molar-refractivity contribution in [2.24, 2.45) is 0 Å². The van der Waals surface area contributed by atoms with E-state index in [0.717, 1.165) is 6.07 Å². The van der Waals surface area contributed by atoms with Gasteiger partial charge in [-0.15, -0.1) is 12.6 Å². The maximum atomic E-state index is 12.4. The van der Waals surface area contributed by atoms with Gasteiger partial charge in [0.2, 0.25) is 0 Å². The highest BCUT2D eigenvalue weighted by atomic mass is 32.1. The average Bonchev–Trinajstić information content (AvgIpc) is 2.14. The third-order valence-corrected chi connectivity index (χ3v) is 2.11. The maximum absolute atomic E-state index is 12.4. The number of nitrogens with zero attached hydrogens (tertiary/aromatic N) is 2. The molecule has 84 valence electrons. The first-order chi connectivity index (χ1) is 7.27. The quantitative estimate of drug-likeness (QED) is 0.472. The molecule has 0 aliphatic rings. The van der Waals surface area contributed by atoms with Crippen molar-refractivity contribution in [3.63, 3.8) is 0 Å². The lowest BCUT2D eigenvalue weighted by molar-refractivity contribution is -0.385. The third kappa shape index (κ3) is 2.25. The van der Waals surface area contributed by atoms with Crippen LogP contribution in [0.5, 0.6) is 0 Å². The van der Waals surface area contributed by atoms with Crippen LogP contribution in [0.1, 0.15) is 11.1 Å². The van der Waals surface area contributed by atoms with Gasteiger partial charge in [0.15, 0.2) is 0 Å². The van der Waals surface area contributed by atoms with Crippen molar-refractivity contribution in [2.75, 3.05) is 0 Å². The van der Waals surface area contributed by atoms with Crippen LogP contribution in [0.4, 0.5) is 18.9 Å². The second-order valence-electron chi connectivity index (χ2n) is 2.75. The molecule has 1 aromatic rings. The molecule has 16 heavy (non-hydrogen) atoms. The Morgan fingerprint density at radius 2 is 2.00 bits per heavy atom. The minimum Gasteiger partial charge on any atom is -0.258 e. The van der Waals surface area contributed by atoms with Crippen molar-refractivity contribution in [1.29, 1.82) is 5.26 Å². The molecule has 0 saturated heterocycles. The molecule has 0 heterocycles. The van der Waals surface area contributed by atoms with E-state index in [4.69, 9.17) is 5.26 Å².